The van der Waals surface area contributed by atoms with Crippen LogP contribution >= 0.6 is 23.5 Å². The Morgan fingerprint density at radius 1 is 0.560 bits per heavy atom. The molecule has 6 aromatic rings. The second-order valence-electron chi connectivity index (χ2n) is 12.3. The molecular weight excluding hydrogens is 657 g/mol. The molecule has 1 aliphatic heterocycles. The van der Waals surface area contributed by atoms with E-state index in [2.05, 4.69) is 103 Å². The molecule has 1 aliphatic rings. The van der Waals surface area contributed by atoms with Crippen LogP contribution < -0.4 is 9.47 Å². The summed E-state index contributed by atoms with van der Waals surface area (Å²) in [6.45, 7) is 1.25. The molecule has 0 aromatic heterocycles. The van der Waals surface area contributed by atoms with Gasteiger partial charge in [0, 0.05) is 15.7 Å². The number of cyclic esters (lactones) is 1. The van der Waals surface area contributed by atoms with E-state index in [0.29, 0.717) is 26.2 Å². The van der Waals surface area contributed by atoms with E-state index in [1.165, 1.54) is 0 Å². The number of thioether (sulfide) groups is 2. The van der Waals surface area contributed by atoms with Gasteiger partial charge in [-0.3, -0.25) is 4.79 Å². The van der Waals surface area contributed by atoms with Crippen LogP contribution in [0.2, 0.25) is 0 Å². The van der Waals surface area contributed by atoms with E-state index in [1.54, 1.807) is 23.5 Å². The van der Waals surface area contributed by atoms with Crippen LogP contribution in [0.5, 0.6) is 11.5 Å². The van der Waals surface area contributed by atoms with E-state index in [4.69, 9.17) is 14.2 Å². The molecule has 1 saturated heterocycles. The van der Waals surface area contributed by atoms with Crippen LogP contribution in [0.3, 0.4) is 0 Å². The van der Waals surface area contributed by atoms with Crippen molar-refractivity contribution in [2.24, 2.45) is 11.8 Å². The average Bonchev–Trinajstić information content (AvgIpc) is 3.54. The molecule has 0 N–H and O–H groups in total. The summed E-state index contributed by atoms with van der Waals surface area (Å²) in [7, 11) is 0. The van der Waals surface area contributed by atoms with Crippen LogP contribution in [-0.2, 0) is 33.2 Å². The third-order valence-corrected chi connectivity index (χ3v) is 12.0. The lowest BCUT2D eigenvalue weighted by atomic mass is 9.84. The fourth-order valence-corrected chi connectivity index (χ4v) is 9.58. The van der Waals surface area contributed by atoms with Crippen LogP contribution in [0.1, 0.15) is 22.3 Å². The minimum absolute atomic E-state index is 0.172. The van der Waals surface area contributed by atoms with E-state index in [-0.39, 0.29) is 17.8 Å². The number of carbonyl (C=O) groups is 1. The lowest BCUT2D eigenvalue weighted by molar-refractivity contribution is -0.141. The van der Waals surface area contributed by atoms with Gasteiger partial charge in [-0.1, -0.05) is 121 Å². The smallest absolute Gasteiger partial charge is 0.309 e. The van der Waals surface area contributed by atoms with Gasteiger partial charge in [0.15, 0.2) is 0 Å². The highest BCUT2D eigenvalue weighted by Gasteiger charge is 2.53. The molecule has 6 aromatic carbocycles. The van der Waals surface area contributed by atoms with E-state index in [0.717, 1.165) is 43.5 Å². The summed E-state index contributed by atoms with van der Waals surface area (Å²) in [6.07, 6.45) is 0.530. The van der Waals surface area contributed by atoms with Gasteiger partial charge in [0.2, 0.25) is 0 Å². The quantitative estimate of drug-likeness (QED) is 0.0642. The molecule has 0 bridgehead atoms. The number of carbonyl (C=O) groups excluding carboxylic acids is 1. The Bertz CT molecular complexity index is 1930. The molecule has 0 unspecified atom stereocenters. The summed E-state index contributed by atoms with van der Waals surface area (Å²) < 4.78 is 17.9. The predicted octanol–water partition coefficient (Wildman–Crippen LogP) is 10.6. The van der Waals surface area contributed by atoms with E-state index in [1.807, 2.05) is 66.7 Å². The highest BCUT2D eigenvalue weighted by atomic mass is 32.2. The number of hydrogen-bond acceptors (Lipinski definition) is 6. The molecule has 4 nitrogen and oxygen atoms in total. The van der Waals surface area contributed by atoms with Crippen molar-refractivity contribution in [2.75, 3.05) is 6.61 Å². The van der Waals surface area contributed by atoms with E-state index in [9.17, 15) is 4.79 Å². The molecule has 0 amide bonds. The minimum atomic E-state index is -0.646. The summed E-state index contributed by atoms with van der Waals surface area (Å²) in [4.78, 5) is 16.0. The molecule has 0 saturated carbocycles. The first kappa shape index (κ1) is 33.6. The molecule has 0 spiro atoms. The van der Waals surface area contributed by atoms with Crippen LogP contribution in [0.15, 0.2) is 180 Å². The SMILES string of the molecule is O=C1OC[C@H](C(Sc2ccccc2)(Sc2ccccc2)c2cccc(OCc3ccccc3)c2)[C@H]1Cc1cccc(OCc2ccccc2)c1. The van der Waals surface area contributed by atoms with Crippen LogP contribution in [-0.4, -0.2) is 12.6 Å². The first-order chi connectivity index (χ1) is 24.6. The third kappa shape index (κ3) is 8.27. The van der Waals surface area contributed by atoms with Crippen molar-refractivity contribution in [3.8, 4) is 11.5 Å². The summed E-state index contributed by atoms with van der Waals surface area (Å²) in [5.41, 5.74) is 4.31. The molecule has 0 radical (unpaired) electrons. The topological polar surface area (TPSA) is 44.8 Å². The Labute approximate surface area is 302 Å². The maximum atomic E-state index is 13.8. The summed E-state index contributed by atoms with van der Waals surface area (Å²) in [6, 6.07) is 57.7. The van der Waals surface area contributed by atoms with Gasteiger partial charge in [-0.25, -0.2) is 0 Å². The molecule has 7 rings (SSSR count). The van der Waals surface area contributed by atoms with E-state index >= 15 is 0 Å². The predicted molar refractivity (Wildman–Crippen MR) is 202 cm³/mol. The highest BCUT2D eigenvalue weighted by Crippen LogP contribution is 2.61. The second-order valence-corrected chi connectivity index (χ2v) is 15.2. The second kappa shape index (κ2) is 16.2. The highest BCUT2D eigenvalue weighted by molar-refractivity contribution is 8.17. The average molecular weight is 695 g/mol. The van der Waals surface area contributed by atoms with Gasteiger partial charge in [0.05, 0.1) is 12.5 Å². The third-order valence-electron chi connectivity index (χ3n) is 8.79. The summed E-state index contributed by atoms with van der Waals surface area (Å²) >= 11 is 3.56. The van der Waals surface area contributed by atoms with Crippen molar-refractivity contribution in [1.82, 2.24) is 0 Å². The number of hydrogen-bond donors (Lipinski definition) is 0. The van der Waals surface area contributed by atoms with Crippen molar-refractivity contribution in [1.29, 1.82) is 0 Å². The number of ether oxygens (including phenoxy) is 3. The Kier molecular flexibility index (Phi) is 10.9. The standard InChI is InChI=1S/C44H38O4S2/c45-43-41(28-35-19-13-21-37(27-35)46-30-33-15-5-1-6-16-33)42(32-48-43)44(49-39-23-9-3-10-24-39,50-40-25-11-4-12-26-40)36-20-14-22-38(29-36)47-31-34-17-7-2-8-18-34/h1-27,29,41-42H,28,30-32H2/t41-,42+/m1/s1. The summed E-state index contributed by atoms with van der Waals surface area (Å²) in [5, 5.41) is 0. The summed E-state index contributed by atoms with van der Waals surface area (Å²) in [5.74, 6) is 0.822. The Morgan fingerprint density at radius 2 is 1.04 bits per heavy atom. The maximum absolute atomic E-state index is 13.8. The van der Waals surface area contributed by atoms with Crippen molar-refractivity contribution in [2.45, 2.75) is 33.5 Å². The number of benzene rings is 6. The zero-order valence-corrected chi connectivity index (χ0v) is 29.2. The molecule has 0 aliphatic carbocycles. The van der Waals surface area contributed by atoms with Gasteiger partial charge in [0.25, 0.3) is 0 Å². The molecule has 50 heavy (non-hydrogen) atoms. The largest absolute Gasteiger partial charge is 0.489 e. The van der Waals surface area contributed by atoms with Gasteiger partial charge in [-0.15, -0.1) is 23.5 Å². The van der Waals surface area contributed by atoms with Crippen molar-refractivity contribution in [3.63, 3.8) is 0 Å². The zero-order chi connectivity index (χ0) is 34.0. The Balaban J connectivity index is 1.26. The molecule has 1 heterocycles. The molecular formula is C44H38O4S2. The molecule has 250 valence electrons. The molecule has 1 fully saturated rings. The van der Waals surface area contributed by atoms with Crippen molar-refractivity contribution < 1.29 is 19.0 Å². The zero-order valence-electron chi connectivity index (χ0n) is 27.6. The maximum Gasteiger partial charge on any atom is 0.309 e. The van der Waals surface area contributed by atoms with Crippen molar-refractivity contribution >= 4 is 29.5 Å². The van der Waals surface area contributed by atoms with Crippen LogP contribution in [0.4, 0.5) is 0 Å². The monoisotopic (exact) mass is 694 g/mol. The van der Waals surface area contributed by atoms with Gasteiger partial charge < -0.3 is 14.2 Å². The fourth-order valence-electron chi connectivity index (χ4n) is 6.29. The van der Waals surface area contributed by atoms with Crippen LogP contribution in [0, 0.1) is 11.8 Å². The number of esters is 1. The van der Waals surface area contributed by atoms with Crippen LogP contribution in [0.25, 0.3) is 0 Å². The minimum Gasteiger partial charge on any atom is -0.489 e. The molecule has 6 heteroatoms. The normalized spacial score (nSPS) is 15.7. The van der Waals surface area contributed by atoms with Gasteiger partial charge in [0.1, 0.15) is 28.8 Å². The first-order valence-electron chi connectivity index (χ1n) is 16.8. The Hall–Kier alpha value is -4.91. The van der Waals surface area contributed by atoms with Crippen molar-refractivity contribution in [3.05, 3.63) is 192 Å². The van der Waals surface area contributed by atoms with Gasteiger partial charge >= 0.3 is 5.97 Å². The van der Waals surface area contributed by atoms with E-state index < -0.39 is 4.08 Å². The first-order valence-corrected chi connectivity index (χ1v) is 18.5. The molecule has 2 atom stereocenters. The lowest BCUT2D eigenvalue weighted by Gasteiger charge is -2.40. The Morgan fingerprint density at radius 3 is 1.60 bits per heavy atom. The lowest BCUT2D eigenvalue weighted by Crippen LogP contribution is -2.35. The van der Waals surface area contributed by atoms with Gasteiger partial charge in [-0.2, -0.15) is 0 Å². The number of rotatable bonds is 14. The fraction of sp³-hybridized carbons (Fsp3) is 0.159. The van der Waals surface area contributed by atoms with Gasteiger partial charge in [-0.05, 0) is 77.2 Å².